The highest BCUT2D eigenvalue weighted by Gasteiger charge is 2.31. The molecule has 8 aromatic carbocycles. The third kappa shape index (κ3) is 9.24. The lowest BCUT2D eigenvalue weighted by atomic mass is 9.93. The number of H-pyrrole nitrogens is 2. The van der Waals surface area contributed by atoms with Crippen molar-refractivity contribution in [2.24, 2.45) is 0 Å². The van der Waals surface area contributed by atoms with E-state index in [0.29, 0.717) is 45.9 Å². The molecule has 2 aliphatic heterocycles. The zero-order valence-electron chi connectivity index (χ0n) is 46.2. The molecule has 0 amide bonds. The van der Waals surface area contributed by atoms with Gasteiger partial charge >= 0.3 is 0 Å². The minimum Gasteiger partial charge on any atom is -0.324 e. The molecule has 5 heterocycles. The quantitative estimate of drug-likeness (QED) is 0.157. The topological polar surface area (TPSA) is 109 Å². The van der Waals surface area contributed by atoms with Crippen LogP contribution in [0.25, 0.3) is 89.4 Å². The Balaban J connectivity index is 1.31. The van der Waals surface area contributed by atoms with Crippen LogP contribution in [0.2, 0.25) is 0 Å². The van der Waals surface area contributed by atoms with Gasteiger partial charge in [0.05, 0.1) is 0 Å². The van der Waals surface area contributed by atoms with Gasteiger partial charge in [0.15, 0.2) is 23.3 Å². The lowest BCUT2D eigenvalue weighted by molar-refractivity contribution is 1.10. The van der Waals surface area contributed by atoms with Gasteiger partial charge in [-0.25, -0.2) is 29.9 Å². The normalized spacial score (nSPS) is 12.4. The molecular weight excluding hydrogens is 977 g/mol. The zero-order chi connectivity index (χ0) is 54.8. The summed E-state index contributed by atoms with van der Waals surface area (Å²) >= 11 is 0. The Morgan fingerprint density at radius 3 is 0.575 bits per heavy atom. The van der Waals surface area contributed by atoms with Gasteiger partial charge < -0.3 is 9.97 Å². The molecule has 386 valence electrons. The van der Waals surface area contributed by atoms with Crippen LogP contribution in [0.1, 0.15) is 90.1 Å². The number of aryl methyl sites for hydroxylation is 8. The SMILES string of the molecule is Cc1cccc(C2=C(c3cccc(C)c3)c3nc2nc2[nH]c(nc4nc(nc5[nH]c(n3)c(-c3cccc(C)c3)c5-c3cccc(C)c3)C(c3cccc(C)c3)=C4c3cccc(C)c3)c(-c3cccc(C)c3)c2-c2cccc(C)c2)c1. The number of aromatic nitrogens is 8. The summed E-state index contributed by atoms with van der Waals surface area (Å²) in [6.07, 6.45) is 0. The number of nitrogens with one attached hydrogen (secondary N) is 2. The molecule has 0 spiro atoms. The van der Waals surface area contributed by atoms with Gasteiger partial charge in [0, 0.05) is 44.5 Å². The molecule has 80 heavy (non-hydrogen) atoms. The van der Waals surface area contributed by atoms with Crippen LogP contribution >= 0.6 is 0 Å². The van der Waals surface area contributed by atoms with E-state index < -0.39 is 0 Å². The summed E-state index contributed by atoms with van der Waals surface area (Å²) in [7, 11) is 0. The maximum Gasteiger partial charge on any atom is 0.165 e. The summed E-state index contributed by atoms with van der Waals surface area (Å²) in [6.45, 7) is 17.0. The van der Waals surface area contributed by atoms with Gasteiger partial charge in [-0.2, -0.15) is 0 Å². The van der Waals surface area contributed by atoms with Gasteiger partial charge in [0.25, 0.3) is 0 Å². The Morgan fingerprint density at radius 2 is 0.388 bits per heavy atom. The first-order valence-corrected chi connectivity index (χ1v) is 27.3. The molecule has 8 bridgehead atoms. The Kier molecular flexibility index (Phi) is 12.5. The summed E-state index contributed by atoms with van der Waals surface area (Å²) in [6, 6.07) is 68.9. The zero-order valence-corrected chi connectivity index (χ0v) is 46.2. The first-order valence-electron chi connectivity index (χ1n) is 27.3. The van der Waals surface area contributed by atoms with Crippen LogP contribution < -0.4 is 0 Å². The van der Waals surface area contributed by atoms with E-state index in [4.69, 9.17) is 29.9 Å². The number of hydrogen-bond acceptors (Lipinski definition) is 6. The molecule has 0 atom stereocenters. The van der Waals surface area contributed by atoms with Crippen molar-refractivity contribution in [1.29, 1.82) is 0 Å². The van der Waals surface area contributed by atoms with E-state index in [2.05, 4.69) is 259 Å². The molecule has 8 heteroatoms. The van der Waals surface area contributed by atoms with Gasteiger partial charge in [-0.1, -0.05) is 239 Å². The van der Waals surface area contributed by atoms with Crippen LogP contribution in [0.15, 0.2) is 194 Å². The highest BCUT2D eigenvalue weighted by atomic mass is 15.1. The van der Waals surface area contributed by atoms with Crippen LogP contribution in [0.5, 0.6) is 0 Å². The Bertz CT molecular complexity index is 4010. The van der Waals surface area contributed by atoms with Gasteiger partial charge in [-0.3, -0.25) is 0 Å². The number of rotatable bonds is 8. The predicted octanol–water partition coefficient (Wildman–Crippen LogP) is 17.0. The maximum absolute atomic E-state index is 5.80. The Morgan fingerprint density at radius 1 is 0.212 bits per heavy atom. The van der Waals surface area contributed by atoms with Crippen molar-refractivity contribution in [3.63, 3.8) is 0 Å². The summed E-state index contributed by atoms with van der Waals surface area (Å²) in [5, 5.41) is 0. The van der Waals surface area contributed by atoms with Crippen molar-refractivity contribution >= 4 is 44.9 Å². The fourth-order valence-electron chi connectivity index (χ4n) is 11.5. The van der Waals surface area contributed by atoms with Gasteiger partial charge in [0.1, 0.15) is 22.6 Å². The molecule has 2 N–H and O–H groups in total. The summed E-state index contributed by atoms with van der Waals surface area (Å²) in [5.41, 5.74) is 26.2. The highest BCUT2D eigenvalue weighted by Crippen LogP contribution is 2.46. The molecule has 0 saturated heterocycles. The van der Waals surface area contributed by atoms with Crippen molar-refractivity contribution in [3.8, 4) is 44.5 Å². The Labute approximate surface area is 466 Å². The second kappa shape index (κ2) is 20.1. The number of hydrogen-bond donors (Lipinski definition) is 2. The van der Waals surface area contributed by atoms with Crippen LogP contribution in [-0.4, -0.2) is 39.9 Å². The van der Waals surface area contributed by atoms with E-state index in [1.807, 2.05) is 0 Å². The molecule has 2 aliphatic rings. The van der Waals surface area contributed by atoms with Crippen LogP contribution in [0.4, 0.5) is 0 Å². The lowest BCUT2D eigenvalue weighted by Gasteiger charge is -2.11. The second-order valence-electron chi connectivity index (χ2n) is 21.6. The molecule has 8 nitrogen and oxygen atoms in total. The van der Waals surface area contributed by atoms with E-state index in [0.717, 1.165) is 134 Å². The molecule has 0 unspecified atom stereocenters. The van der Waals surface area contributed by atoms with Gasteiger partial charge in [-0.05, 0) is 99.9 Å². The van der Waals surface area contributed by atoms with E-state index in [1.54, 1.807) is 0 Å². The summed E-state index contributed by atoms with van der Waals surface area (Å²) in [4.78, 5) is 42.2. The fraction of sp³-hybridized carbons (Fsp3) is 0.111. The minimum atomic E-state index is 0.513. The molecule has 11 aromatic rings. The highest BCUT2D eigenvalue weighted by molar-refractivity contribution is 6.08. The lowest BCUT2D eigenvalue weighted by Crippen LogP contribution is -1.95. The molecular formula is C72H58N8. The molecule has 0 fully saturated rings. The van der Waals surface area contributed by atoms with Crippen LogP contribution in [-0.2, 0) is 0 Å². The average molecular weight is 1040 g/mol. The van der Waals surface area contributed by atoms with Crippen LogP contribution in [0.3, 0.4) is 0 Å². The van der Waals surface area contributed by atoms with E-state index in [1.165, 1.54) is 0 Å². The molecule has 0 saturated carbocycles. The van der Waals surface area contributed by atoms with E-state index in [-0.39, 0.29) is 0 Å². The smallest absolute Gasteiger partial charge is 0.165 e. The van der Waals surface area contributed by atoms with E-state index >= 15 is 0 Å². The first-order chi connectivity index (χ1) is 38.9. The van der Waals surface area contributed by atoms with Crippen molar-refractivity contribution in [2.45, 2.75) is 55.4 Å². The van der Waals surface area contributed by atoms with Crippen molar-refractivity contribution in [3.05, 3.63) is 284 Å². The average Bonchev–Trinajstić information content (AvgIpc) is 4.40. The third-order valence-corrected chi connectivity index (χ3v) is 15.1. The largest absolute Gasteiger partial charge is 0.324 e. The summed E-state index contributed by atoms with van der Waals surface area (Å²) < 4.78 is 0. The predicted molar refractivity (Wildman–Crippen MR) is 328 cm³/mol. The second-order valence-corrected chi connectivity index (χ2v) is 21.6. The molecule has 0 radical (unpaired) electrons. The molecule has 13 rings (SSSR count). The van der Waals surface area contributed by atoms with Crippen molar-refractivity contribution < 1.29 is 0 Å². The molecule has 0 aliphatic carbocycles. The van der Waals surface area contributed by atoms with Crippen LogP contribution in [0, 0.1) is 55.4 Å². The number of benzene rings is 8. The van der Waals surface area contributed by atoms with E-state index in [9.17, 15) is 0 Å². The molecule has 3 aromatic heterocycles. The fourth-order valence-corrected chi connectivity index (χ4v) is 11.5. The van der Waals surface area contributed by atoms with Crippen molar-refractivity contribution in [2.75, 3.05) is 0 Å². The summed E-state index contributed by atoms with van der Waals surface area (Å²) in [5.74, 6) is 2.05. The maximum atomic E-state index is 5.80. The third-order valence-electron chi connectivity index (χ3n) is 15.1. The minimum absolute atomic E-state index is 0.513. The van der Waals surface area contributed by atoms with Gasteiger partial charge in [0.2, 0.25) is 0 Å². The first kappa shape index (κ1) is 49.6. The van der Waals surface area contributed by atoms with Gasteiger partial charge in [-0.15, -0.1) is 0 Å². The number of fused-ring (bicyclic) bond motifs is 8. The number of aromatic amines is 2. The van der Waals surface area contributed by atoms with Crippen molar-refractivity contribution in [1.82, 2.24) is 39.9 Å². The number of nitrogens with zero attached hydrogens (tertiary/aromatic N) is 6. The monoisotopic (exact) mass is 1030 g/mol. The Hall–Kier alpha value is -9.92. The standard InChI is InChI=1S/C72H58N8/c1-41-17-9-25-49(33-41)57-58(50-26-10-18-42(2)34-50)66-73-65(57)77-67-59(51-27-11-19-43(3)35-51)60(52-28-12-20-44(4)36-52)69(74-67)79-71-63(55-31-15-23-47(7)39-55)64(56-32-16-24-48(8)40-56)72(76-71)80-70-62(54-30-14-22-46(6)38-54)61(68(75-70)78-66)53-29-13-21-45(5)37-53/h9-40H,1-8H3,(H2,73,74,75,76,77,78,79,80).